The first-order valence-electron chi connectivity index (χ1n) is 10.1. The molecule has 0 spiro atoms. The zero-order chi connectivity index (χ0) is 20.1. The number of nitrogens with one attached hydrogen (secondary N) is 3. The molecule has 6 nitrogen and oxygen atoms in total. The molecule has 2 aliphatic heterocycles. The molecule has 29 heavy (non-hydrogen) atoms. The molecule has 4 rings (SSSR count). The summed E-state index contributed by atoms with van der Waals surface area (Å²) < 4.78 is 16.1. The Kier molecular flexibility index (Phi) is 6.36. The van der Waals surface area contributed by atoms with E-state index in [9.17, 15) is 0 Å². The highest BCUT2D eigenvalue weighted by atomic mass is 32.1. The van der Waals surface area contributed by atoms with Crippen molar-refractivity contribution in [2.24, 2.45) is 0 Å². The summed E-state index contributed by atoms with van der Waals surface area (Å²) in [6.07, 6.45) is 2.57. The fraction of sp³-hybridized carbons (Fsp3) is 0.409. The van der Waals surface area contributed by atoms with Crippen LogP contribution in [0.5, 0.6) is 17.2 Å². The summed E-state index contributed by atoms with van der Waals surface area (Å²) in [5, 5.41) is 7.39. The van der Waals surface area contributed by atoms with Crippen molar-refractivity contribution >= 4 is 17.3 Å². The fourth-order valence-electron chi connectivity index (χ4n) is 4.00. The number of rotatable bonds is 7. The molecule has 1 saturated heterocycles. The molecule has 154 valence electrons. The first-order chi connectivity index (χ1) is 14.2. The number of benzene rings is 2. The number of quaternary nitrogens is 1. The summed E-state index contributed by atoms with van der Waals surface area (Å²) in [4.78, 5) is 1.61. The van der Waals surface area contributed by atoms with Gasteiger partial charge in [0.25, 0.3) is 0 Å². The Morgan fingerprint density at radius 3 is 2.59 bits per heavy atom. The van der Waals surface area contributed by atoms with Crippen molar-refractivity contribution in [2.75, 3.05) is 33.5 Å². The lowest BCUT2D eigenvalue weighted by atomic mass is 10.1. The first kappa shape index (κ1) is 19.8. The van der Waals surface area contributed by atoms with Crippen LogP contribution in [0.25, 0.3) is 0 Å². The van der Waals surface area contributed by atoms with Crippen molar-refractivity contribution in [1.29, 1.82) is 0 Å². The van der Waals surface area contributed by atoms with Crippen LogP contribution in [0.2, 0.25) is 0 Å². The molecule has 1 atom stereocenters. The van der Waals surface area contributed by atoms with E-state index in [-0.39, 0.29) is 6.79 Å². The molecule has 2 aromatic carbocycles. The first-order valence-corrected chi connectivity index (χ1v) is 10.5. The molecule has 0 saturated carbocycles. The quantitative estimate of drug-likeness (QED) is 0.601. The highest BCUT2D eigenvalue weighted by Gasteiger charge is 2.27. The van der Waals surface area contributed by atoms with Gasteiger partial charge >= 0.3 is 0 Å². The largest absolute Gasteiger partial charge is 0.497 e. The van der Waals surface area contributed by atoms with Gasteiger partial charge in [0.05, 0.1) is 26.7 Å². The zero-order valence-electron chi connectivity index (χ0n) is 16.7. The molecule has 0 aliphatic carbocycles. The molecule has 7 heteroatoms. The topological polar surface area (TPSA) is 56.2 Å². The third-order valence-corrected chi connectivity index (χ3v) is 5.90. The van der Waals surface area contributed by atoms with Crippen molar-refractivity contribution < 1.29 is 19.1 Å². The van der Waals surface area contributed by atoms with Crippen LogP contribution in [-0.2, 0) is 6.54 Å². The van der Waals surface area contributed by atoms with Gasteiger partial charge in [-0.05, 0) is 54.2 Å². The maximum absolute atomic E-state index is 5.53. The number of likely N-dealkylation sites (tertiary alicyclic amines) is 1. The number of fused-ring (bicyclic) bond motifs is 1. The van der Waals surface area contributed by atoms with E-state index in [1.165, 1.54) is 31.5 Å². The summed E-state index contributed by atoms with van der Waals surface area (Å²) in [5.41, 5.74) is 2.42. The molecule has 0 radical (unpaired) electrons. The average molecular weight is 415 g/mol. The second-order valence-corrected chi connectivity index (χ2v) is 7.85. The van der Waals surface area contributed by atoms with Crippen LogP contribution in [0.4, 0.5) is 0 Å². The Labute approximate surface area is 177 Å². The molecule has 2 heterocycles. The predicted molar refractivity (Wildman–Crippen MR) is 116 cm³/mol. The van der Waals surface area contributed by atoms with E-state index >= 15 is 0 Å². The van der Waals surface area contributed by atoms with E-state index in [0.29, 0.717) is 17.7 Å². The number of thiocarbonyl (C=S) groups is 1. The molecule has 0 bridgehead atoms. The average Bonchev–Trinajstić information content (AvgIpc) is 3.44. The van der Waals surface area contributed by atoms with Crippen molar-refractivity contribution in [3.8, 4) is 17.2 Å². The van der Waals surface area contributed by atoms with E-state index in [2.05, 4.69) is 22.8 Å². The Hall–Kier alpha value is -2.51. The maximum atomic E-state index is 5.53. The Bertz CT molecular complexity index is 838. The standard InChI is InChI=1S/C22H27N3O3S/c1-26-18-7-5-17(6-8-18)19(25-10-2-3-11-25)14-24-22(29)23-13-16-4-9-20-21(12-16)28-15-27-20/h4-9,12,19H,2-3,10-11,13-15H2,1H3,(H2,23,24,29)/p+1/t19-/m0/s1. The summed E-state index contributed by atoms with van der Waals surface area (Å²) in [6.45, 7) is 4.14. The Morgan fingerprint density at radius 2 is 1.83 bits per heavy atom. The second kappa shape index (κ2) is 9.33. The minimum absolute atomic E-state index is 0.289. The van der Waals surface area contributed by atoms with Crippen molar-refractivity contribution in [3.63, 3.8) is 0 Å². The van der Waals surface area contributed by atoms with E-state index in [4.69, 9.17) is 26.4 Å². The zero-order valence-corrected chi connectivity index (χ0v) is 17.5. The van der Waals surface area contributed by atoms with Crippen LogP contribution in [0.15, 0.2) is 42.5 Å². The summed E-state index contributed by atoms with van der Waals surface area (Å²) in [5.74, 6) is 2.48. The molecule has 0 aromatic heterocycles. The molecule has 0 unspecified atom stereocenters. The fourth-order valence-corrected chi connectivity index (χ4v) is 4.16. The monoisotopic (exact) mass is 414 g/mol. The summed E-state index contributed by atoms with van der Waals surface area (Å²) in [6, 6.07) is 14.7. The third kappa shape index (κ3) is 4.92. The van der Waals surface area contributed by atoms with Gasteiger partial charge in [-0.15, -0.1) is 0 Å². The minimum atomic E-state index is 0.289. The normalized spacial score (nSPS) is 16.4. The van der Waals surface area contributed by atoms with Crippen molar-refractivity contribution in [2.45, 2.75) is 25.4 Å². The number of hydrogen-bond acceptors (Lipinski definition) is 4. The smallest absolute Gasteiger partial charge is 0.231 e. The Balaban J connectivity index is 1.33. The van der Waals surface area contributed by atoms with Crippen LogP contribution in [0, 0.1) is 0 Å². The van der Waals surface area contributed by atoms with Gasteiger partial charge in [0.2, 0.25) is 6.79 Å². The molecule has 2 aromatic rings. The number of methoxy groups -OCH3 is 1. The molecular weight excluding hydrogens is 386 g/mol. The third-order valence-electron chi connectivity index (χ3n) is 5.61. The molecule has 3 N–H and O–H groups in total. The van der Waals surface area contributed by atoms with Crippen LogP contribution >= 0.6 is 12.2 Å². The van der Waals surface area contributed by atoms with Crippen molar-refractivity contribution in [1.82, 2.24) is 10.6 Å². The summed E-state index contributed by atoms with van der Waals surface area (Å²) >= 11 is 5.53. The van der Waals surface area contributed by atoms with E-state index in [1.54, 1.807) is 12.0 Å². The molecule has 2 aliphatic rings. The van der Waals surface area contributed by atoms with Gasteiger partial charge in [-0.25, -0.2) is 0 Å². The maximum Gasteiger partial charge on any atom is 0.231 e. The lowest BCUT2D eigenvalue weighted by Gasteiger charge is -2.26. The minimum Gasteiger partial charge on any atom is -0.497 e. The molecule has 1 fully saturated rings. The van der Waals surface area contributed by atoms with Gasteiger partial charge in [-0.1, -0.05) is 6.07 Å². The van der Waals surface area contributed by atoms with Crippen LogP contribution in [0.1, 0.15) is 30.0 Å². The van der Waals surface area contributed by atoms with Crippen LogP contribution < -0.4 is 29.7 Å². The van der Waals surface area contributed by atoms with E-state index in [1.807, 2.05) is 30.3 Å². The van der Waals surface area contributed by atoms with Crippen LogP contribution in [0.3, 0.4) is 0 Å². The van der Waals surface area contributed by atoms with E-state index < -0.39 is 0 Å². The highest BCUT2D eigenvalue weighted by Crippen LogP contribution is 2.32. The second-order valence-electron chi connectivity index (χ2n) is 7.44. The van der Waals surface area contributed by atoms with Gasteiger partial charge in [0.1, 0.15) is 11.8 Å². The highest BCUT2D eigenvalue weighted by molar-refractivity contribution is 7.80. The SMILES string of the molecule is COc1ccc([C@H](CNC(=S)NCc2ccc3c(c2)OCO3)[NH+]2CCCC2)cc1. The van der Waals surface area contributed by atoms with E-state index in [0.717, 1.165) is 29.4 Å². The lowest BCUT2D eigenvalue weighted by Crippen LogP contribution is -3.11. The van der Waals surface area contributed by atoms with Gasteiger partial charge in [-0.3, -0.25) is 0 Å². The van der Waals surface area contributed by atoms with Gasteiger partial charge in [-0.2, -0.15) is 0 Å². The lowest BCUT2D eigenvalue weighted by molar-refractivity contribution is -0.918. The summed E-state index contributed by atoms with van der Waals surface area (Å²) in [7, 11) is 1.70. The molecular formula is C22H28N3O3S+. The number of hydrogen-bond donors (Lipinski definition) is 3. The van der Waals surface area contributed by atoms with Crippen LogP contribution in [-0.4, -0.2) is 38.6 Å². The Morgan fingerprint density at radius 1 is 1.07 bits per heavy atom. The predicted octanol–water partition coefficient (Wildman–Crippen LogP) is 1.81. The van der Waals surface area contributed by atoms with Crippen molar-refractivity contribution in [3.05, 3.63) is 53.6 Å². The molecule has 0 amide bonds. The van der Waals surface area contributed by atoms with Gasteiger partial charge in [0, 0.05) is 24.9 Å². The number of ether oxygens (including phenoxy) is 3. The van der Waals surface area contributed by atoms with Gasteiger partial charge < -0.3 is 29.7 Å². The van der Waals surface area contributed by atoms with Gasteiger partial charge in [0.15, 0.2) is 16.6 Å².